The normalized spacial score (nSPS) is 17.6. The summed E-state index contributed by atoms with van der Waals surface area (Å²) < 4.78 is 0.846. The molecule has 1 N–H and O–H groups in total. The summed E-state index contributed by atoms with van der Waals surface area (Å²) in [6.45, 7) is 3.93. The standard InChI is InChI=1S/C26H20ClN3O3S/c1-3-15-6-8-16(9-7-15)23(31)21-22(17-5-4-10-28-13-17)30(25(33)24(21)32)26-29-19-12-18(27)14(2)11-20(19)34-26/h4-13,22,31H,3H2,1-2H3/b23-21+. The van der Waals surface area contributed by atoms with Crippen molar-refractivity contribution in [2.24, 2.45) is 0 Å². The number of aryl methyl sites for hydroxylation is 2. The maximum Gasteiger partial charge on any atom is 0.301 e. The number of amides is 1. The molecule has 0 saturated carbocycles. The van der Waals surface area contributed by atoms with Crippen molar-refractivity contribution in [3.05, 3.63) is 93.8 Å². The number of carbonyl (C=O) groups excluding carboxylic acids is 2. The van der Waals surface area contributed by atoms with Gasteiger partial charge in [-0.15, -0.1) is 0 Å². The minimum absolute atomic E-state index is 0.00992. The molecule has 2 aromatic heterocycles. The zero-order chi connectivity index (χ0) is 24.0. The van der Waals surface area contributed by atoms with Gasteiger partial charge in [-0.05, 0) is 48.2 Å². The molecule has 4 aromatic rings. The number of hydrogen-bond acceptors (Lipinski definition) is 6. The lowest BCUT2D eigenvalue weighted by Crippen LogP contribution is -2.29. The van der Waals surface area contributed by atoms with Crippen molar-refractivity contribution in [1.29, 1.82) is 0 Å². The highest BCUT2D eigenvalue weighted by Crippen LogP contribution is 2.44. The van der Waals surface area contributed by atoms with Crippen LogP contribution in [0, 0.1) is 6.92 Å². The molecule has 1 aliphatic heterocycles. The number of rotatable bonds is 4. The average molecular weight is 490 g/mol. The maximum absolute atomic E-state index is 13.3. The smallest absolute Gasteiger partial charge is 0.301 e. The molecule has 0 radical (unpaired) electrons. The van der Waals surface area contributed by atoms with E-state index in [1.165, 1.54) is 16.2 Å². The van der Waals surface area contributed by atoms with Crippen molar-refractivity contribution in [2.75, 3.05) is 4.90 Å². The van der Waals surface area contributed by atoms with Gasteiger partial charge in [0, 0.05) is 23.0 Å². The lowest BCUT2D eigenvalue weighted by atomic mass is 9.96. The molecule has 170 valence electrons. The third-order valence-corrected chi connectivity index (χ3v) is 7.37. The van der Waals surface area contributed by atoms with Gasteiger partial charge in [0.25, 0.3) is 5.78 Å². The van der Waals surface area contributed by atoms with Gasteiger partial charge in [-0.3, -0.25) is 19.5 Å². The summed E-state index contributed by atoms with van der Waals surface area (Å²) in [5.41, 5.74) is 3.71. The Balaban J connectivity index is 1.70. The van der Waals surface area contributed by atoms with Crippen molar-refractivity contribution >= 4 is 55.7 Å². The Morgan fingerprint density at radius 3 is 2.62 bits per heavy atom. The molecule has 1 atom stereocenters. The zero-order valence-corrected chi connectivity index (χ0v) is 20.0. The molecule has 1 fully saturated rings. The number of nitrogens with zero attached hydrogens (tertiary/aromatic N) is 3. The van der Waals surface area contributed by atoms with E-state index >= 15 is 0 Å². The van der Waals surface area contributed by atoms with Crippen LogP contribution >= 0.6 is 22.9 Å². The molecule has 1 unspecified atom stereocenters. The number of carbonyl (C=O) groups is 2. The molecular weight excluding hydrogens is 470 g/mol. The van der Waals surface area contributed by atoms with Crippen LogP contribution < -0.4 is 4.90 Å². The largest absolute Gasteiger partial charge is 0.507 e. The van der Waals surface area contributed by atoms with Crippen LogP contribution in [0.15, 0.2) is 66.5 Å². The third kappa shape index (κ3) is 3.67. The Morgan fingerprint density at radius 1 is 1.18 bits per heavy atom. The van der Waals surface area contributed by atoms with Gasteiger partial charge in [0.15, 0.2) is 5.13 Å². The van der Waals surface area contributed by atoms with Crippen LogP contribution in [0.4, 0.5) is 5.13 Å². The highest BCUT2D eigenvalue weighted by atomic mass is 35.5. The summed E-state index contributed by atoms with van der Waals surface area (Å²) in [6.07, 6.45) is 4.05. The molecule has 1 aliphatic rings. The lowest BCUT2D eigenvalue weighted by Gasteiger charge is -2.22. The molecular formula is C26H20ClN3O3S. The summed E-state index contributed by atoms with van der Waals surface area (Å²) in [4.78, 5) is 36.7. The summed E-state index contributed by atoms with van der Waals surface area (Å²) in [5, 5.41) is 12.1. The fourth-order valence-electron chi connectivity index (χ4n) is 4.08. The van der Waals surface area contributed by atoms with E-state index in [-0.39, 0.29) is 11.3 Å². The van der Waals surface area contributed by atoms with E-state index in [9.17, 15) is 14.7 Å². The topological polar surface area (TPSA) is 83.4 Å². The van der Waals surface area contributed by atoms with Crippen LogP contribution in [0.5, 0.6) is 0 Å². The zero-order valence-electron chi connectivity index (χ0n) is 18.4. The lowest BCUT2D eigenvalue weighted by molar-refractivity contribution is -0.132. The average Bonchev–Trinajstić information content (AvgIpc) is 3.37. The highest BCUT2D eigenvalue weighted by Gasteiger charge is 2.48. The van der Waals surface area contributed by atoms with Crippen LogP contribution in [0.1, 0.15) is 35.2 Å². The predicted molar refractivity (Wildman–Crippen MR) is 134 cm³/mol. The molecule has 1 amide bonds. The highest BCUT2D eigenvalue weighted by molar-refractivity contribution is 7.22. The van der Waals surface area contributed by atoms with Gasteiger partial charge >= 0.3 is 5.91 Å². The van der Waals surface area contributed by atoms with E-state index in [4.69, 9.17) is 11.6 Å². The van der Waals surface area contributed by atoms with Crippen LogP contribution in [0.3, 0.4) is 0 Å². The Labute approximate surface area is 205 Å². The number of hydrogen-bond donors (Lipinski definition) is 1. The molecule has 0 aliphatic carbocycles. The summed E-state index contributed by atoms with van der Waals surface area (Å²) in [6, 6.07) is 13.6. The summed E-state index contributed by atoms with van der Waals surface area (Å²) in [7, 11) is 0. The predicted octanol–water partition coefficient (Wildman–Crippen LogP) is 5.84. The van der Waals surface area contributed by atoms with Crippen molar-refractivity contribution in [3.63, 3.8) is 0 Å². The number of pyridine rings is 1. The Kier molecular flexibility index (Phi) is 5.67. The Bertz CT molecular complexity index is 1420. The number of thiazole rings is 1. The number of aromatic nitrogens is 2. The maximum atomic E-state index is 13.3. The number of Topliss-reactive ketones (excluding diaryl/α,β-unsaturated/α-hetero) is 1. The van der Waals surface area contributed by atoms with Crippen LogP contribution in [-0.4, -0.2) is 26.8 Å². The van der Waals surface area contributed by atoms with Gasteiger partial charge in [-0.1, -0.05) is 60.2 Å². The second-order valence-electron chi connectivity index (χ2n) is 8.07. The Hall–Kier alpha value is -3.55. The van der Waals surface area contributed by atoms with E-state index in [2.05, 4.69) is 9.97 Å². The van der Waals surface area contributed by atoms with E-state index in [0.29, 0.717) is 26.8 Å². The first-order chi connectivity index (χ1) is 16.4. The van der Waals surface area contributed by atoms with Gasteiger partial charge in [-0.2, -0.15) is 0 Å². The second kappa shape index (κ2) is 8.66. The van der Waals surface area contributed by atoms with Crippen LogP contribution in [0.25, 0.3) is 16.0 Å². The molecule has 2 aromatic carbocycles. The fraction of sp³-hybridized carbons (Fsp3) is 0.154. The van der Waals surface area contributed by atoms with Gasteiger partial charge in [0.05, 0.1) is 21.8 Å². The molecule has 1 saturated heterocycles. The van der Waals surface area contributed by atoms with E-state index in [1.807, 2.05) is 32.0 Å². The van der Waals surface area contributed by atoms with Gasteiger partial charge in [0.1, 0.15) is 5.76 Å². The SMILES string of the molecule is CCc1ccc(/C(O)=C2\C(=O)C(=O)N(c3nc4cc(Cl)c(C)cc4s3)C2c2cccnc2)cc1. The van der Waals surface area contributed by atoms with Gasteiger partial charge in [-0.25, -0.2) is 4.98 Å². The molecule has 0 spiro atoms. The second-order valence-corrected chi connectivity index (χ2v) is 9.49. The molecule has 8 heteroatoms. The number of benzene rings is 2. The van der Waals surface area contributed by atoms with Gasteiger partial charge < -0.3 is 5.11 Å². The van der Waals surface area contributed by atoms with Crippen molar-refractivity contribution in [1.82, 2.24) is 9.97 Å². The first kappa shape index (κ1) is 22.3. The first-order valence-electron chi connectivity index (χ1n) is 10.8. The van der Waals surface area contributed by atoms with Gasteiger partial charge in [0.2, 0.25) is 0 Å². The number of halogens is 1. The van der Waals surface area contributed by atoms with E-state index < -0.39 is 17.7 Å². The molecule has 0 bridgehead atoms. The van der Waals surface area contributed by atoms with Crippen LogP contribution in [-0.2, 0) is 16.0 Å². The quantitative estimate of drug-likeness (QED) is 0.221. The molecule has 5 rings (SSSR count). The van der Waals surface area contributed by atoms with E-state index in [1.54, 1.807) is 42.7 Å². The number of anilines is 1. The monoisotopic (exact) mass is 489 g/mol. The van der Waals surface area contributed by atoms with Crippen molar-refractivity contribution in [2.45, 2.75) is 26.3 Å². The number of fused-ring (bicyclic) bond motifs is 1. The molecule has 6 nitrogen and oxygen atoms in total. The fourth-order valence-corrected chi connectivity index (χ4v) is 5.31. The van der Waals surface area contributed by atoms with Crippen LogP contribution in [0.2, 0.25) is 5.02 Å². The number of ketones is 1. The number of aliphatic hydroxyl groups is 1. The Morgan fingerprint density at radius 2 is 1.94 bits per heavy atom. The number of aliphatic hydroxyl groups excluding tert-OH is 1. The van der Waals surface area contributed by atoms with E-state index in [0.717, 1.165) is 22.2 Å². The van der Waals surface area contributed by atoms with Crippen molar-refractivity contribution in [3.8, 4) is 0 Å². The minimum atomic E-state index is -0.864. The van der Waals surface area contributed by atoms with Crippen molar-refractivity contribution < 1.29 is 14.7 Å². The first-order valence-corrected chi connectivity index (χ1v) is 12.0. The third-order valence-electron chi connectivity index (χ3n) is 5.94. The minimum Gasteiger partial charge on any atom is -0.507 e. The summed E-state index contributed by atoms with van der Waals surface area (Å²) >= 11 is 7.56. The molecule has 3 heterocycles. The summed E-state index contributed by atoms with van der Waals surface area (Å²) in [5.74, 6) is -1.74. The molecule has 34 heavy (non-hydrogen) atoms.